The molecule has 12 rings (SSSR count). The van der Waals surface area contributed by atoms with Crippen molar-refractivity contribution >= 4 is 87.0 Å². The fourth-order valence-corrected chi connectivity index (χ4v) is 8.81. The summed E-state index contributed by atoms with van der Waals surface area (Å²) in [6.07, 6.45) is 0. The minimum atomic E-state index is 0.603. The molecule has 0 N–H and O–H groups in total. The van der Waals surface area contributed by atoms with Gasteiger partial charge in [0.25, 0.3) is 0 Å². The summed E-state index contributed by atoms with van der Waals surface area (Å²) in [4.78, 5) is 11.1. The van der Waals surface area contributed by atoms with Gasteiger partial charge in [0.05, 0.1) is 16.7 Å². The summed E-state index contributed by atoms with van der Waals surface area (Å²) in [5.41, 5.74) is 8.83. The van der Waals surface area contributed by atoms with Crippen LogP contribution in [0.15, 0.2) is 180 Å². The molecule has 54 heavy (non-hydrogen) atoms. The predicted molar refractivity (Wildman–Crippen MR) is 225 cm³/mol. The van der Waals surface area contributed by atoms with E-state index in [4.69, 9.17) is 14.4 Å². The van der Waals surface area contributed by atoms with Crippen molar-refractivity contribution in [2.75, 3.05) is 0 Å². The van der Waals surface area contributed by atoms with Crippen LogP contribution < -0.4 is 0 Å². The zero-order valence-corrected chi connectivity index (χ0v) is 29.0. The summed E-state index contributed by atoms with van der Waals surface area (Å²) in [5.74, 6) is 0.603. The van der Waals surface area contributed by atoms with Crippen molar-refractivity contribution in [2.45, 2.75) is 0 Å². The zero-order valence-electron chi connectivity index (χ0n) is 29.0. The maximum atomic E-state index is 6.93. The van der Waals surface area contributed by atoms with Crippen LogP contribution in [-0.2, 0) is 0 Å². The topological polar surface area (TPSA) is 43.9 Å². The van der Waals surface area contributed by atoms with Gasteiger partial charge in [-0.15, -0.1) is 0 Å². The van der Waals surface area contributed by atoms with Gasteiger partial charge in [-0.1, -0.05) is 158 Å². The second-order valence-electron chi connectivity index (χ2n) is 14.1. The molecule has 12 aromatic rings. The molecule has 0 spiro atoms. The van der Waals surface area contributed by atoms with Gasteiger partial charge in [0.15, 0.2) is 5.58 Å². The molecule has 0 saturated heterocycles. The molecule has 0 aliphatic rings. The predicted octanol–water partition coefficient (Wildman–Crippen LogP) is 13.4. The minimum Gasteiger partial charge on any atom is -0.454 e. The zero-order chi connectivity index (χ0) is 35.3. The number of furan rings is 1. The van der Waals surface area contributed by atoms with Gasteiger partial charge in [0.2, 0.25) is 5.95 Å². The Morgan fingerprint density at radius 2 is 1.02 bits per heavy atom. The monoisotopic (exact) mass is 687 g/mol. The molecule has 0 bridgehead atoms. The molecule has 0 radical (unpaired) electrons. The number of aromatic nitrogens is 3. The summed E-state index contributed by atoms with van der Waals surface area (Å²) in [5, 5.41) is 12.4. The van der Waals surface area contributed by atoms with Gasteiger partial charge in [0, 0.05) is 37.9 Å². The minimum absolute atomic E-state index is 0.603. The lowest BCUT2D eigenvalue weighted by molar-refractivity contribution is 0.671. The third kappa shape index (κ3) is 4.08. The number of para-hydroxylation sites is 1. The molecule has 0 aliphatic carbocycles. The highest BCUT2D eigenvalue weighted by atomic mass is 16.3. The van der Waals surface area contributed by atoms with Crippen molar-refractivity contribution in [3.05, 3.63) is 176 Å². The number of nitrogens with zero attached hydrogens (tertiary/aromatic N) is 3. The van der Waals surface area contributed by atoms with E-state index in [2.05, 4.69) is 174 Å². The van der Waals surface area contributed by atoms with Crippen LogP contribution in [0.1, 0.15) is 0 Å². The van der Waals surface area contributed by atoms with Gasteiger partial charge in [-0.3, -0.25) is 4.57 Å². The molecular weight excluding hydrogens is 659 g/mol. The second kappa shape index (κ2) is 11.1. The Labute approximate surface area is 309 Å². The maximum absolute atomic E-state index is 6.93. The first-order chi connectivity index (χ1) is 26.8. The highest BCUT2D eigenvalue weighted by molar-refractivity contribution is 6.36. The Kier molecular flexibility index (Phi) is 6.02. The van der Waals surface area contributed by atoms with Crippen molar-refractivity contribution in [3.8, 4) is 28.3 Å². The van der Waals surface area contributed by atoms with E-state index in [1.54, 1.807) is 0 Å². The first-order valence-electron chi connectivity index (χ1n) is 18.3. The van der Waals surface area contributed by atoms with Crippen LogP contribution in [0.5, 0.6) is 0 Å². The molecule has 3 aromatic heterocycles. The molecule has 0 saturated carbocycles. The summed E-state index contributed by atoms with van der Waals surface area (Å²) in [7, 11) is 0. The Balaban J connectivity index is 1.30. The van der Waals surface area contributed by atoms with Crippen LogP contribution in [-0.4, -0.2) is 14.5 Å². The van der Waals surface area contributed by atoms with Crippen LogP contribution >= 0.6 is 0 Å². The molecule has 0 amide bonds. The summed E-state index contributed by atoms with van der Waals surface area (Å²) < 4.78 is 9.21. The quantitative estimate of drug-likeness (QED) is 0.174. The first kappa shape index (κ1) is 29.3. The van der Waals surface area contributed by atoms with Gasteiger partial charge >= 0.3 is 0 Å². The van der Waals surface area contributed by atoms with E-state index in [1.807, 2.05) is 6.07 Å². The lowest BCUT2D eigenvalue weighted by Gasteiger charge is -2.15. The lowest BCUT2D eigenvalue weighted by Crippen LogP contribution is -2.04. The summed E-state index contributed by atoms with van der Waals surface area (Å²) >= 11 is 0. The highest BCUT2D eigenvalue weighted by Crippen LogP contribution is 2.47. The number of benzene rings is 9. The summed E-state index contributed by atoms with van der Waals surface area (Å²) in [6.45, 7) is 0. The van der Waals surface area contributed by atoms with Gasteiger partial charge in [-0.2, -0.15) is 0 Å². The summed E-state index contributed by atoms with van der Waals surface area (Å²) in [6, 6.07) is 62.3. The van der Waals surface area contributed by atoms with Crippen molar-refractivity contribution in [2.24, 2.45) is 0 Å². The highest BCUT2D eigenvalue weighted by Gasteiger charge is 2.26. The molecule has 250 valence electrons. The van der Waals surface area contributed by atoms with E-state index < -0.39 is 0 Å². The number of hydrogen-bond acceptors (Lipinski definition) is 3. The molecule has 9 aromatic carbocycles. The molecule has 0 atom stereocenters. The van der Waals surface area contributed by atoms with Crippen LogP contribution in [0.3, 0.4) is 0 Å². The third-order valence-electron chi connectivity index (χ3n) is 11.1. The van der Waals surface area contributed by atoms with Crippen LogP contribution in [0.4, 0.5) is 0 Å². The van der Waals surface area contributed by atoms with Crippen molar-refractivity contribution in [1.82, 2.24) is 14.5 Å². The average Bonchev–Trinajstić information content (AvgIpc) is 3.81. The maximum Gasteiger partial charge on any atom is 0.235 e. The van der Waals surface area contributed by atoms with Crippen LogP contribution in [0.25, 0.3) is 115 Å². The Morgan fingerprint density at radius 3 is 1.85 bits per heavy atom. The van der Waals surface area contributed by atoms with Gasteiger partial charge < -0.3 is 4.42 Å². The van der Waals surface area contributed by atoms with Crippen LogP contribution in [0.2, 0.25) is 0 Å². The van der Waals surface area contributed by atoms with E-state index in [1.165, 1.54) is 10.8 Å². The number of hydrogen-bond donors (Lipinski definition) is 0. The van der Waals surface area contributed by atoms with Crippen molar-refractivity contribution < 1.29 is 4.42 Å². The van der Waals surface area contributed by atoms with E-state index in [0.29, 0.717) is 5.95 Å². The molecule has 3 heterocycles. The smallest absolute Gasteiger partial charge is 0.235 e. The average molecular weight is 688 g/mol. The first-order valence-corrected chi connectivity index (χ1v) is 18.3. The fraction of sp³-hybridized carbons (Fsp3) is 0. The van der Waals surface area contributed by atoms with Gasteiger partial charge in [-0.25, -0.2) is 9.97 Å². The SMILES string of the molecule is c1ccc(-c2cccc(-c3nc(-n4c5c6ccccc6ccc5c5c6ccccc6c6c7ccccc7oc6c54)nc4ccc5ccccc5c34)c2)cc1. The van der Waals surface area contributed by atoms with Gasteiger partial charge in [-0.05, 0) is 56.3 Å². The number of rotatable bonds is 3. The van der Waals surface area contributed by atoms with Crippen molar-refractivity contribution in [3.63, 3.8) is 0 Å². The van der Waals surface area contributed by atoms with E-state index in [-0.39, 0.29) is 0 Å². The van der Waals surface area contributed by atoms with Crippen LogP contribution in [0, 0.1) is 0 Å². The third-order valence-corrected chi connectivity index (χ3v) is 11.1. The molecule has 0 aliphatic heterocycles. The number of fused-ring (bicyclic) bond motifs is 15. The molecule has 4 heteroatoms. The molecule has 0 unspecified atom stereocenters. The molecule has 4 nitrogen and oxygen atoms in total. The second-order valence-corrected chi connectivity index (χ2v) is 14.1. The largest absolute Gasteiger partial charge is 0.454 e. The normalized spacial score (nSPS) is 12.1. The van der Waals surface area contributed by atoms with E-state index >= 15 is 0 Å². The van der Waals surface area contributed by atoms with Crippen molar-refractivity contribution in [1.29, 1.82) is 0 Å². The van der Waals surface area contributed by atoms with E-state index in [0.717, 1.165) is 98.6 Å². The van der Waals surface area contributed by atoms with Gasteiger partial charge in [0.1, 0.15) is 11.1 Å². The standard InChI is InChI=1S/C50H29N3O/c1-2-13-30(14-3-1)33-17-12-18-34(29-33)46-45-35-19-6-4-15-31(35)26-28-41(45)51-50(52-46)53-47-36-20-7-5-16-32(36)25-27-40(47)43-37-21-8-9-22-38(37)44-39-23-10-11-24-42(39)54-49(44)48(43)53/h1-29H. The Hall–Kier alpha value is -7.30. The Bertz CT molecular complexity index is 3500. The molecular formula is C50H29N3O. The fourth-order valence-electron chi connectivity index (χ4n) is 8.81. The molecule has 0 fully saturated rings. The van der Waals surface area contributed by atoms with E-state index in [9.17, 15) is 0 Å². The Morgan fingerprint density at radius 1 is 0.389 bits per heavy atom. The lowest BCUT2D eigenvalue weighted by atomic mass is 9.97.